The summed E-state index contributed by atoms with van der Waals surface area (Å²) in [5, 5.41) is 11.4. The molecule has 168 valence electrons. The van der Waals surface area contributed by atoms with Crippen LogP contribution in [-0.2, 0) is 7.05 Å². The van der Waals surface area contributed by atoms with Crippen molar-refractivity contribution in [2.24, 2.45) is 18.0 Å². The largest absolute Gasteiger partial charge is 0.355 e. The van der Waals surface area contributed by atoms with Gasteiger partial charge >= 0.3 is 0 Å². The van der Waals surface area contributed by atoms with Crippen LogP contribution < -0.4 is 10.6 Å². The first-order chi connectivity index (χ1) is 13.4. The van der Waals surface area contributed by atoms with E-state index in [1.54, 1.807) is 0 Å². The molecule has 29 heavy (non-hydrogen) atoms. The molecule has 2 unspecified atom stereocenters. The lowest BCUT2D eigenvalue weighted by molar-refractivity contribution is 0.161. The molecule has 7 nitrogen and oxygen atoms in total. The van der Waals surface area contributed by atoms with Crippen LogP contribution in [-0.4, -0.2) is 78.9 Å². The van der Waals surface area contributed by atoms with Gasteiger partial charge in [0.05, 0.1) is 12.2 Å². The van der Waals surface area contributed by atoms with Crippen molar-refractivity contribution in [2.75, 3.05) is 47.3 Å². The number of halogens is 1. The standard InChI is InChI=1S/C21H41N7.HI/c1-17(2)19(28-11-9-7-8-10-12-28)14-23-21(22-3)24-15-20(26(4)5)18-13-25-27(6)16-18;/h13,16-17,19-20H,7-12,14-15H2,1-6H3,(H2,22,23,24);1H. The highest BCUT2D eigenvalue weighted by Gasteiger charge is 2.23. The van der Waals surface area contributed by atoms with Crippen molar-refractivity contribution in [2.45, 2.75) is 51.6 Å². The molecule has 8 heteroatoms. The molecule has 0 aliphatic carbocycles. The van der Waals surface area contributed by atoms with Gasteiger partial charge < -0.3 is 15.5 Å². The van der Waals surface area contributed by atoms with Gasteiger partial charge in [-0.15, -0.1) is 24.0 Å². The molecule has 0 aromatic carbocycles. The number of aliphatic imine (C=N–C) groups is 1. The Labute approximate surface area is 194 Å². The molecule has 1 saturated heterocycles. The summed E-state index contributed by atoms with van der Waals surface area (Å²) < 4.78 is 1.85. The Hall–Kier alpha value is -0.870. The predicted octanol–water partition coefficient (Wildman–Crippen LogP) is 2.71. The summed E-state index contributed by atoms with van der Waals surface area (Å²) in [5.74, 6) is 1.49. The summed E-state index contributed by atoms with van der Waals surface area (Å²) in [5.41, 5.74) is 1.21. The molecule has 2 atom stereocenters. The van der Waals surface area contributed by atoms with Crippen LogP contribution in [0.5, 0.6) is 0 Å². The monoisotopic (exact) mass is 519 g/mol. The van der Waals surface area contributed by atoms with E-state index in [4.69, 9.17) is 0 Å². The van der Waals surface area contributed by atoms with Crippen molar-refractivity contribution in [3.8, 4) is 0 Å². The number of hydrogen-bond donors (Lipinski definition) is 2. The second-order valence-corrected chi connectivity index (χ2v) is 8.52. The number of likely N-dealkylation sites (tertiary alicyclic amines) is 1. The molecule has 0 radical (unpaired) electrons. The Kier molecular flexibility index (Phi) is 12.1. The number of guanidine groups is 1. The van der Waals surface area contributed by atoms with Crippen molar-refractivity contribution in [1.82, 2.24) is 30.2 Å². The number of aromatic nitrogens is 2. The van der Waals surface area contributed by atoms with Gasteiger partial charge in [0.15, 0.2) is 5.96 Å². The number of aryl methyl sites for hydroxylation is 1. The topological polar surface area (TPSA) is 60.7 Å². The molecule has 1 aromatic heterocycles. The first-order valence-electron chi connectivity index (χ1n) is 10.8. The molecule has 1 fully saturated rings. The smallest absolute Gasteiger partial charge is 0.191 e. The Morgan fingerprint density at radius 3 is 2.24 bits per heavy atom. The van der Waals surface area contributed by atoms with Gasteiger partial charge in [0.25, 0.3) is 0 Å². The summed E-state index contributed by atoms with van der Waals surface area (Å²) >= 11 is 0. The molecule has 0 amide bonds. The average molecular weight is 520 g/mol. The normalized spacial score (nSPS) is 18.3. The highest BCUT2D eigenvalue weighted by atomic mass is 127. The zero-order valence-corrected chi connectivity index (χ0v) is 21.5. The zero-order chi connectivity index (χ0) is 20.5. The maximum atomic E-state index is 4.45. The van der Waals surface area contributed by atoms with Crippen molar-refractivity contribution in [3.63, 3.8) is 0 Å². The molecule has 2 N–H and O–H groups in total. The van der Waals surface area contributed by atoms with Gasteiger partial charge in [-0.05, 0) is 45.9 Å². The molecule has 2 heterocycles. The van der Waals surface area contributed by atoms with Crippen molar-refractivity contribution >= 4 is 29.9 Å². The van der Waals surface area contributed by atoms with Crippen molar-refractivity contribution in [3.05, 3.63) is 18.0 Å². The first-order valence-corrected chi connectivity index (χ1v) is 10.8. The van der Waals surface area contributed by atoms with Crippen LogP contribution in [0.2, 0.25) is 0 Å². The van der Waals surface area contributed by atoms with E-state index in [0.717, 1.165) is 19.0 Å². The van der Waals surface area contributed by atoms with E-state index in [9.17, 15) is 0 Å². The minimum absolute atomic E-state index is 0. The van der Waals surface area contributed by atoms with E-state index in [1.807, 2.05) is 25.0 Å². The van der Waals surface area contributed by atoms with Gasteiger partial charge in [0, 0.05) is 45.0 Å². The van der Waals surface area contributed by atoms with Crippen molar-refractivity contribution < 1.29 is 0 Å². The fourth-order valence-corrected chi connectivity index (χ4v) is 4.04. The molecule has 0 saturated carbocycles. The Morgan fingerprint density at radius 1 is 1.14 bits per heavy atom. The van der Waals surface area contributed by atoms with E-state index in [-0.39, 0.29) is 30.0 Å². The SMILES string of the molecule is CN=C(NCC(c1cnn(C)c1)N(C)C)NCC(C(C)C)N1CCCCCC1.I. The summed E-state index contributed by atoms with van der Waals surface area (Å²) in [7, 11) is 8.01. The number of nitrogens with one attached hydrogen (secondary N) is 2. The van der Waals surface area contributed by atoms with Crippen LogP contribution >= 0.6 is 24.0 Å². The number of likely N-dealkylation sites (N-methyl/N-ethyl adjacent to an activating group) is 1. The summed E-state index contributed by atoms with van der Waals surface area (Å²) in [6, 6.07) is 0.790. The molecule has 0 bridgehead atoms. The number of rotatable bonds is 8. The number of hydrogen-bond acceptors (Lipinski definition) is 4. The van der Waals surface area contributed by atoms with Gasteiger partial charge in [0.2, 0.25) is 0 Å². The van der Waals surface area contributed by atoms with Crippen LogP contribution in [0.4, 0.5) is 0 Å². The number of nitrogens with zero attached hydrogens (tertiary/aromatic N) is 5. The van der Waals surface area contributed by atoms with Gasteiger partial charge in [0.1, 0.15) is 0 Å². The molecule has 1 aliphatic rings. The Morgan fingerprint density at radius 2 is 1.76 bits per heavy atom. The maximum Gasteiger partial charge on any atom is 0.191 e. The molecular formula is C21H42IN7. The molecule has 1 aromatic rings. The van der Waals surface area contributed by atoms with Gasteiger partial charge in [-0.1, -0.05) is 26.7 Å². The van der Waals surface area contributed by atoms with Crippen LogP contribution in [0.3, 0.4) is 0 Å². The molecule has 0 spiro atoms. The minimum atomic E-state index is 0. The molecule has 1 aliphatic heterocycles. The fraction of sp³-hybridized carbons (Fsp3) is 0.810. The maximum absolute atomic E-state index is 4.45. The third kappa shape index (κ3) is 8.41. The van der Waals surface area contributed by atoms with E-state index >= 15 is 0 Å². The van der Waals surface area contributed by atoms with E-state index in [0.29, 0.717) is 12.0 Å². The van der Waals surface area contributed by atoms with Crippen LogP contribution in [0.1, 0.15) is 51.1 Å². The van der Waals surface area contributed by atoms with Gasteiger partial charge in [-0.25, -0.2) is 0 Å². The van der Waals surface area contributed by atoms with E-state index < -0.39 is 0 Å². The molecular weight excluding hydrogens is 477 g/mol. The highest BCUT2D eigenvalue weighted by Crippen LogP contribution is 2.18. The zero-order valence-electron chi connectivity index (χ0n) is 19.2. The lowest BCUT2D eigenvalue weighted by Crippen LogP contribution is -2.50. The average Bonchev–Trinajstić information content (AvgIpc) is 2.90. The quantitative estimate of drug-likeness (QED) is 0.314. The van der Waals surface area contributed by atoms with Crippen molar-refractivity contribution in [1.29, 1.82) is 0 Å². The van der Waals surface area contributed by atoms with E-state index in [2.05, 4.69) is 64.7 Å². The second-order valence-electron chi connectivity index (χ2n) is 8.52. The summed E-state index contributed by atoms with van der Waals surface area (Å²) in [6.45, 7) is 8.82. The summed E-state index contributed by atoms with van der Waals surface area (Å²) in [6.07, 6.45) is 9.42. The second kappa shape index (κ2) is 13.4. The van der Waals surface area contributed by atoms with Crippen LogP contribution in [0.25, 0.3) is 0 Å². The van der Waals surface area contributed by atoms with Gasteiger partial charge in [-0.3, -0.25) is 14.6 Å². The lowest BCUT2D eigenvalue weighted by Gasteiger charge is -2.34. The first kappa shape index (κ1) is 26.2. The highest BCUT2D eigenvalue weighted by molar-refractivity contribution is 14.0. The van der Waals surface area contributed by atoms with Gasteiger partial charge in [-0.2, -0.15) is 5.10 Å². The third-order valence-corrected chi connectivity index (χ3v) is 5.78. The third-order valence-electron chi connectivity index (χ3n) is 5.78. The minimum Gasteiger partial charge on any atom is -0.355 e. The van der Waals surface area contributed by atoms with E-state index in [1.165, 1.54) is 44.3 Å². The van der Waals surface area contributed by atoms with Crippen LogP contribution in [0, 0.1) is 5.92 Å². The molecule has 2 rings (SSSR count). The van der Waals surface area contributed by atoms with Crippen LogP contribution in [0.15, 0.2) is 17.4 Å². The Balaban J connectivity index is 0.00000420. The fourth-order valence-electron chi connectivity index (χ4n) is 4.04. The predicted molar refractivity (Wildman–Crippen MR) is 133 cm³/mol. The summed E-state index contributed by atoms with van der Waals surface area (Å²) in [4.78, 5) is 9.34. The Bertz CT molecular complexity index is 592. The lowest BCUT2D eigenvalue weighted by atomic mass is 10.0.